The van der Waals surface area contributed by atoms with Crippen molar-refractivity contribution in [3.8, 4) is 0 Å². The molecule has 0 bridgehead atoms. The zero-order valence-corrected chi connectivity index (χ0v) is 21.8. The molecule has 0 saturated carbocycles. The van der Waals surface area contributed by atoms with Crippen LogP contribution in [0.25, 0.3) is 0 Å². The quantitative estimate of drug-likeness (QED) is 0.506. The predicted octanol–water partition coefficient (Wildman–Crippen LogP) is 4.33. The summed E-state index contributed by atoms with van der Waals surface area (Å²) in [7, 11) is 2.08. The molecular weight excluding hydrogens is 436 g/mol. The third-order valence-corrected chi connectivity index (χ3v) is 7.55. The van der Waals surface area contributed by atoms with Crippen molar-refractivity contribution >= 4 is 0 Å². The third-order valence-electron chi connectivity index (χ3n) is 7.55. The minimum absolute atomic E-state index is 0.342. The van der Waals surface area contributed by atoms with Crippen molar-refractivity contribution in [2.45, 2.75) is 64.6 Å². The normalized spacial score (nSPS) is 19.1. The Kier molecular flexibility index (Phi) is 6.84. The van der Waals surface area contributed by atoms with Crippen LogP contribution in [-0.4, -0.2) is 50.2 Å². The van der Waals surface area contributed by atoms with Gasteiger partial charge in [0.2, 0.25) is 0 Å². The van der Waals surface area contributed by atoms with Crippen LogP contribution < -0.4 is 0 Å². The molecule has 6 heteroatoms. The van der Waals surface area contributed by atoms with Crippen molar-refractivity contribution in [2.24, 2.45) is 5.41 Å². The van der Waals surface area contributed by atoms with E-state index in [2.05, 4.69) is 71.9 Å². The number of aryl methyl sites for hydroxylation is 2. The molecule has 0 aliphatic carbocycles. The van der Waals surface area contributed by atoms with E-state index >= 15 is 0 Å². The van der Waals surface area contributed by atoms with Gasteiger partial charge in [0.05, 0.1) is 5.69 Å². The molecule has 1 saturated heterocycles. The fourth-order valence-corrected chi connectivity index (χ4v) is 5.44. The van der Waals surface area contributed by atoms with Crippen molar-refractivity contribution in [1.82, 2.24) is 19.9 Å². The first kappa shape index (κ1) is 25.4. The molecule has 1 aliphatic rings. The molecule has 1 fully saturated rings. The molecule has 6 nitrogen and oxygen atoms in total. The Hall–Kier alpha value is -2.67. The molecule has 2 atom stereocenters. The minimum Gasteiger partial charge on any atom is -0.384 e. The van der Waals surface area contributed by atoms with Crippen LogP contribution in [0.1, 0.15) is 73.8 Å². The van der Waals surface area contributed by atoms with Crippen LogP contribution in [0.5, 0.6) is 0 Å². The summed E-state index contributed by atoms with van der Waals surface area (Å²) in [4.78, 5) is 15.3. The van der Waals surface area contributed by atoms with Gasteiger partial charge in [-0.2, -0.15) is 0 Å². The van der Waals surface area contributed by atoms with Crippen LogP contribution in [0, 0.1) is 12.3 Å². The second-order valence-corrected chi connectivity index (χ2v) is 11.1. The fraction of sp³-hybridized carbons (Fsp3) is 0.483. The lowest BCUT2D eigenvalue weighted by molar-refractivity contribution is -0.127. The molecule has 4 rings (SSSR count). The lowest BCUT2D eigenvalue weighted by Crippen LogP contribution is -2.63. The summed E-state index contributed by atoms with van der Waals surface area (Å²) in [6.07, 6.45) is 6.37. The van der Waals surface area contributed by atoms with E-state index in [0.717, 1.165) is 29.8 Å². The van der Waals surface area contributed by atoms with Crippen LogP contribution in [0.3, 0.4) is 0 Å². The molecule has 1 aliphatic heterocycles. The van der Waals surface area contributed by atoms with Crippen molar-refractivity contribution in [1.29, 1.82) is 0 Å². The van der Waals surface area contributed by atoms with E-state index in [1.54, 1.807) is 25.4 Å². The number of aromatic nitrogens is 3. The van der Waals surface area contributed by atoms with E-state index in [0.29, 0.717) is 30.3 Å². The van der Waals surface area contributed by atoms with E-state index in [-0.39, 0.29) is 5.41 Å². The van der Waals surface area contributed by atoms with Crippen LogP contribution in [0.2, 0.25) is 0 Å². The molecule has 0 spiro atoms. The Labute approximate surface area is 209 Å². The van der Waals surface area contributed by atoms with Gasteiger partial charge in [-0.05, 0) is 68.5 Å². The molecule has 3 aromatic rings. The van der Waals surface area contributed by atoms with Crippen molar-refractivity contribution < 1.29 is 10.2 Å². The second-order valence-electron chi connectivity index (χ2n) is 11.1. The smallest absolute Gasteiger partial charge is 0.125 e. The first-order valence-electron chi connectivity index (χ1n) is 12.4. The van der Waals surface area contributed by atoms with Gasteiger partial charge in [0.25, 0.3) is 0 Å². The first-order valence-corrected chi connectivity index (χ1v) is 12.4. The molecule has 2 aromatic heterocycles. The summed E-state index contributed by atoms with van der Waals surface area (Å²) in [6.45, 7) is 11.7. The predicted molar refractivity (Wildman–Crippen MR) is 138 cm³/mol. The number of aliphatic hydroxyl groups is 2. The number of nitrogens with zero attached hydrogens (tertiary/aromatic N) is 4. The Morgan fingerprint density at radius 1 is 1.06 bits per heavy atom. The van der Waals surface area contributed by atoms with Gasteiger partial charge in [0, 0.05) is 42.7 Å². The van der Waals surface area contributed by atoms with Gasteiger partial charge in [-0.3, -0.25) is 4.98 Å². The highest BCUT2D eigenvalue weighted by Gasteiger charge is 2.55. The maximum atomic E-state index is 12.4. The van der Waals surface area contributed by atoms with E-state index < -0.39 is 11.2 Å². The molecule has 2 N–H and O–H groups in total. The minimum atomic E-state index is -1.18. The molecule has 35 heavy (non-hydrogen) atoms. The zero-order valence-electron chi connectivity index (χ0n) is 21.8. The number of hydrogen-bond acceptors (Lipinski definition) is 6. The number of hydrogen-bond donors (Lipinski definition) is 2. The first-order chi connectivity index (χ1) is 16.4. The van der Waals surface area contributed by atoms with Gasteiger partial charge in [-0.1, -0.05) is 45.0 Å². The van der Waals surface area contributed by atoms with E-state index in [4.69, 9.17) is 0 Å². The maximum absolute atomic E-state index is 12.4. The molecule has 186 valence electrons. The average molecular weight is 475 g/mol. The Balaban J connectivity index is 1.65. The van der Waals surface area contributed by atoms with Crippen molar-refractivity contribution in [2.75, 3.05) is 20.1 Å². The average Bonchev–Trinajstić information content (AvgIpc) is 2.81. The summed E-state index contributed by atoms with van der Waals surface area (Å²) in [6, 6.07) is 12.2. The summed E-state index contributed by atoms with van der Waals surface area (Å²) >= 11 is 0. The highest BCUT2D eigenvalue weighted by atomic mass is 16.3. The highest BCUT2D eigenvalue weighted by molar-refractivity contribution is 5.42. The lowest BCUT2D eigenvalue weighted by atomic mass is 9.62. The zero-order chi connectivity index (χ0) is 25.4. The van der Waals surface area contributed by atoms with Crippen molar-refractivity contribution in [3.63, 3.8) is 0 Å². The van der Waals surface area contributed by atoms with Crippen LogP contribution in [0.15, 0.2) is 55.0 Å². The van der Waals surface area contributed by atoms with E-state index in [1.807, 2.05) is 19.2 Å². The van der Waals surface area contributed by atoms with E-state index in [9.17, 15) is 10.2 Å². The summed E-state index contributed by atoms with van der Waals surface area (Å²) in [5.41, 5.74) is 1.91. The largest absolute Gasteiger partial charge is 0.384 e. The molecule has 3 heterocycles. The van der Waals surface area contributed by atoms with Crippen LogP contribution in [-0.2, 0) is 17.6 Å². The summed E-state index contributed by atoms with van der Waals surface area (Å²) in [5.74, 6) is 1.07. The summed E-state index contributed by atoms with van der Waals surface area (Å²) in [5, 5.41) is 23.5. The SMILES string of the molecule is Cc1nccc(C(C)(O)CCc2cncc([C@@](O)(c3ccc(C(C)C)cc3)C3(C)CN(C)C3)c2)n1. The monoisotopic (exact) mass is 474 g/mol. The van der Waals surface area contributed by atoms with Crippen LogP contribution in [0.4, 0.5) is 0 Å². The number of likely N-dealkylation sites (tertiary alicyclic amines) is 1. The van der Waals surface area contributed by atoms with Gasteiger partial charge >= 0.3 is 0 Å². The highest BCUT2D eigenvalue weighted by Crippen LogP contribution is 2.50. The molecule has 0 radical (unpaired) electrons. The Bertz CT molecular complexity index is 1170. The number of benzene rings is 1. The molecule has 1 unspecified atom stereocenters. The molecular formula is C29H38N4O2. The second kappa shape index (κ2) is 9.41. The fourth-order valence-electron chi connectivity index (χ4n) is 5.44. The van der Waals surface area contributed by atoms with Crippen molar-refractivity contribution in [3.05, 3.63) is 88.8 Å². The van der Waals surface area contributed by atoms with Crippen LogP contribution >= 0.6 is 0 Å². The van der Waals surface area contributed by atoms with Gasteiger partial charge < -0.3 is 15.1 Å². The third kappa shape index (κ3) is 4.88. The van der Waals surface area contributed by atoms with Gasteiger partial charge in [-0.25, -0.2) is 9.97 Å². The molecule has 1 aromatic carbocycles. The lowest BCUT2D eigenvalue weighted by Gasteiger charge is -2.56. The summed E-state index contributed by atoms with van der Waals surface area (Å²) < 4.78 is 0. The topological polar surface area (TPSA) is 82.4 Å². The maximum Gasteiger partial charge on any atom is 0.125 e. The van der Waals surface area contributed by atoms with Gasteiger partial charge in [0.15, 0.2) is 0 Å². The Morgan fingerprint density at radius 3 is 2.34 bits per heavy atom. The molecule has 0 amide bonds. The standard InChI is InChI=1S/C29H38N4O2/c1-20(2)23-7-9-24(10-8-23)29(35,27(4)18-33(6)19-27)25-15-22(16-30-17-25)11-13-28(5,34)26-12-14-31-21(3)32-26/h7-10,12,14-17,20,34-35H,11,13,18-19H2,1-6H3/t28?,29-/m0/s1. The number of rotatable bonds is 8. The van der Waals surface area contributed by atoms with Gasteiger partial charge in [0.1, 0.15) is 17.0 Å². The van der Waals surface area contributed by atoms with Gasteiger partial charge in [-0.15, -0.1) is 0 Å². The Morgan fingerprint density at radius 2 is 1.74 bits per heavy atom. The number of pyridine rings is 1. The van der Waals surface area contributed by atoms with E-state index in [1.165, 1.54) is 5.56 Å².